The number of aliphatic hydroxyl groups excluding tert-OH is 3. The Labute approximate surface area is 118 Å². The molecular formula is C12H13ClN2O5. The number of hydrogen-bond donors (Lipinski definition) is 3. The number of ether oxygens (including phenoxy) is 1. The van der Waals surface area contributed by atoms with E-state index in [1.165, 1.54) is 0 Å². The molecule has 0 unspecified atom stereocenters. The highest BCUT2D eigenvalue weighted by molar-refractivity contribution is 6.31. The SMILES string of the molecule is OC[C@H]1O[C@@H](On2cc3ccc(Cl)cc3n2)[C@H](O)[C@@H]1O. The summed E-state index contributed by atoms with van der Waals surface area (Å²) >= 11 is 5.86. The maximum Gasteiger partial charge on any atom is 0.256 e. The van der Waals surface area contributed by atoms with Crippen LogP contribution < -0.4 is 4.84 Å². The first-order valence-corrected chi connectivity index (χ1v) is 6.41. The average molecular weight is 301 g/mol. The van der Waals surface area contributed by atoms with Gasteiger partial charge in [0.25, 0.3) is 6.29 Å². The molecule has 1 aromatic carbocycles. The van der Waals surface area contributed by atoms with Gasteiger partial charge in [-0.25, -0.2) is 0 Å². The molecule has 0 bridgehead atoms. The van der Waals surface area contributed by atoms with Gasteiger partial charge < -0.3 is 24.9 Å². The minimum Gasteiger partial charge on any atom is -0.394 e. The Kier molecular flexibility index (Phi) is 3.53. The Hall–Kier alpha value is -1.38. The molecule has 8 heteroatoms. The molecule has 1 aliphatic rings. The number of aliphatic hydroxyl groups is 3. The van der Waals surface area contributed by atoms with Crippen molar-refractivity contribution in [1.82, 2.24) is 9.94 Å². The first-order valence-electron chi connectivity index (χ1n) is 6.03. The van der Waals surface area contributed by atoms with Gasteiger partial charge in [0.2, 0.25) is 0 Å². The van der Waals surface area contributed by atoms with Gasteiger partial charge >= 0.3 is 0 Å². The summed E-state index contributed by atoms with van der Waals surface area (Å²) in [5.74, 6) is 0. The fraction of sp³-hybridized carbons (Fsp3) is 0.417. The zero-order valence-corrected chi connectivity index (χ0v) is 11.0. The molecule has 4 atom stereocenters. The minimum absolute atomic E-state index is 0.408. The second-order valence-electron chi connectivity index (χ2n) is 4.55. The van der Waals surface area contributed by atoms with Crippen LogP contribution in [-0.2, 0) is 4.74 Å². The molecule has 0 aliphatic carbocycles. The second kappa shape index (κ2) is 5.19. The van der Waals surface area contributed by atoms with Crippen LogP contribution in [0.1, 0.15) is 0 Å². The van der Waals surface area contributed by atoms with Crippen molar-refractivity contribution in [2.45, 2.75) is 24.6 Å². The van der Waals surface area contributed by atoms with Crippen molar-refractivity contribution in [2.24, 2.45) is 0 Å². The highest BCUT2D eigenvalue weighted by Gasteiger charge is 2.44. The molecule has 7 nitrogen and oxygen atoms in total. The highest BCUT2D eigenvalue weighted by atomic mass is 35.5. The lowest BCUT2D eigenvalue weighted by Crippen LogP contribution is -2.38. The fourth-order valence-electron chi connectivity index (χ4n) is 2.08. The molecule has 1 saturated heterocycles. The van der Waals surface area contributed by atoms with Crippen LogP contribution in [-0.4, -0.2) is 56.5 Å². The molecule has 3 rings (SSSR count). The van der Waals surface area contributed by atoms with Gasteiger partial charge in [0, 0.05) is 10.4 Å². The predicted octanol–water partition coefficient (Wildman–Crippen LogP) is -0.443. The van der Waals surface area contributed by atoms with Crippen LogP contribution in [0.2, 0.25) is 5.02 Å². The molecule has 20 heavy (non-hydrogen) atoms. The van der Waals surface area contributed by atoms with Crippen molar-refractivity contribution >= 4 is 22.5 Å². The largest absolute Gasteiger partial charge is 0.394 e. The lowest BCUT2D eigenvalue weighted by atomic mass is 10.1. The topological polar surface area (TPSA) is 97.0 Å². The van der Waals surface area contributed by atoms with Gasteiger partial charge in [0.05, 0.1) is 18.3 Å². The standard InChI is InChI=1S/C12H13ClN2O5/c13-7-2-1-6-4-15(14-8(6)3-7)20-12-11(18)10(17)9(5-16)19-12/h1-4,9-12,16-18H,5H2/t9-,10-,11-,12+/m1/s1. The fourth-order valence-corrected chi connectivity index (χ4v) is 2.25. The van der Waals surface area contributed by atoms with Crippen LogP contribution in [0.5, 0.6) is 0 Å². The Morgan fingerprint density at radius 2 is 2.15 bits per heavy atom. The van der Waals surface area contributed by atoms with Gasteiger partial charge in [-0.05, 0) is 18.2 Å². The van der Waals surface area contributed by atoms with Gasteiger partial charge in [0.1, 0.15) is 18.3 Å². The maximum atomic E-state index is 9.77. The van der Waals surface area contributed by atoms with Crippen molar-refractivity contribution in [3.63, 3.8) is 0 Å². The van der Waals surface area contributed by atoms with E-state index in [0.29, 0.717) is 10.5 Å². The van der Waals surface area contributed by atoms with Gasteiger partial charge in [-0.15, -0.1) is 9.94 Å². The number of rotatable bonds is 3. The second-order valence-corrected chi connectivity index (χ2v) is 4.98. The summed E-state index contributed by atoms with van der Waals surface area (Å²) in [5, 5.41) is 33.9. The molecule has 1 fully saturated rings. The molecular weight excluding hydrogens is 288 g/mol. The Morgan fingerprint density at radius 1 is 1.35 bits per heavy atom. The van der Waals surface area contributed by atoms with E-state index in [4.69, 9.17) is 26.3 Å². The van der Waals surface area contributed by atoms with Gasteiger partial charge in [-0.3, -0.25) is 0 Å². The van der Waals surface area contributed by atoms with Gasteiger partial charge in [-0.1, -0.05) is 11.6 Å². The number of nitrogens with zero attached hydrogens (tertiary/aromatic N) is 2. The molecule has 0 saturated carbocycles. The number of benzene rings is 1. The van der Waals surface area contributed by atoms with E-state index in [9.17, 15) is 10.2 Å². The van der Waals surface area contributed by atoms with E-state index in [1.54, 1.807) is 24.4 Å². The molecule has 1 aromatic heterocycles. The quantitative estimate of drug-likeness (QED) is 0.711. The Morgan fingerprint density at radius 3 is 2.85 bits per heavy atom. The molecule has 108 valence electrons. The van der Waals surface area contributed by atoms with Crippen molar-refractivity contribution < 1.29 is 24.9 Å². The number of hydrogen-bond acceptors (Lipinski definition) is 6. The maximum absolute atomic E-state index is 9.77. The van der Waals surface area contributed by atoms with E-state index in [0.717, 1.165) is 10.2 Å². The summed E-state index contributed by atoms with van der Waals surface area (Å²) in [7, 11) is 0. The lowest BCUT2D eigenvalue weighted by molar-refractivity contribution is -0.178. The predicted molar refractivity (Wildman–Crippen MR) is 69.1 cm³/mol. The zero-order chi connectivity index (χ0) is 14.3. The highest BCUT2D eigenvalue weighted by Crippen LogP contribution is 2.21. The van der Waals surface area contributed by atoms with E-state index in [-0.39, 0.29) is 0 Å². The summed E-state index contributed by atoms with van der Waals surface area (Å²) in [6.45, 7) is -0.408. The third-order valence-electron chi connectivity index (χ3n) is 3.16. The number of fused-ring (bicyclic) bond motifs is 1. The smallest absolute Gasteiger partial charge is 0.256 e. The average Bonchev–Trinajstić information content (AvgIpc) is 2.93. The molecule has 0 amide bonds. The van der Waals surface area contributed by atoms with Gasteiger partial charge in [0.15, 0.2) is 0 Å². The van der Waals surface area contributed by atoms with Crippen LogP contribution in [0.15, 0.2) is 24.4 Å². The van der Waals surface area contributed by atoms with Crippen molar-refractivity contribution in [2.75, 3.05) is 6.61 Å². The molecule has 2 heterocycles. The zero-order valence-electron chi connectivity index (χ0n) is 10.3. The number of aromatic nitrogens is 2. The van der Waals surface area contributed by atoms with Crippen LogP contribution in [0.25, 0.3) is 10.9 Å². The normalized spacial score (nSPS) is 30.0. The van der Waals surface area contributed by atoms with Crippen LogP contribution in [0.3, 0.4) is 0 Å². The van der Waals surface area contributed by atoms with E-state index in [1.807, 2.05) is 0 Å². The van der Waals surface area contributed by atoms with Crippen molar-refractivity contribution in [1.29, 1.82) is 0 Å². The minimum atomic E-state index is -1.26. The molecule has 1 aliphatic heterocycles. The summed E-state index contributed by atoms with van der Waals surface area (Å²) in [6.07, 6.45) is -2.85. The monoisotopic (exact) mass is 300 g/mol. The Bertz CT molecular complexity index is 619. The molecule has 3 N–H and O–H groups in total. The number of halogens is 1. The van der Waals surface area contributed by atoms with Crippen molar-refractivity contribution in [3.8, 4) is 0 Å². The van der Waals surface area contributed by atoms with E-state index >= 15 is 0 Å². The molecule has 0 radical (unpaired) electrons. The molecule has 2 aromatic rings. The summed E-state index contributed by atoms with van der Waals surface area (Å²) in [6, 6.07) is 5.18. The Balaban J connectivity index is 1.79. The third-order valence-corrected chi connectivity index (χ3v) is 3.39. The van der Waals surface area contributed by atoms with Gasteiger partial charge in [-0.2, -0.15) is 0 Å². The molecule has 0 spiro atoms. The summed E-state index contributed by atoms with van der Waals surface area (Å²) in [4.78, 5) is 6.47. The van der Waals surface area contributed by atoms with Crippen molar-refractivity contribution in [3.05, 3.63) is 29.4 Å². The van der Waals surface area contributed by atoms with Crippen LogP contribution in [0, 0.1) is 0 Å². The first kappa shape index (κ1) is 13.6. The third kappa shape index (κ3) is 2.34. The first-order chi connectivity index (χ1) is 9.58. The van der Waals surface area contributed by atoms with E-state index < -0.39 is 31.2 Å². The lowest BCUT2D eigenvalue weighted by Gasteiger charge is -2.15. The van der Waals surface area contributed by atoms with Crippen LogP contribution in [0.4, 0.5) is 0 Å². The summed E-state index contributed by atoms with van der Waals surface area (Å²) < 4.78 is 5.20. The van der Waals surface area contributed by atoms with E-state index in [2.05, 4.69) is 5.10 Å². The van der Waals surface area contributed by atoms with Crippen LogP contribution >= 0.6 is 11.6 Å². The summed E-state index contributed by atoms with van der Waals surface area (Å²) in [5.41, 5.74) is 0.629.